The van der Waals surface area contributed by atoms with Gasteiger partial charge in [0.15, 0.2) is 0 Å². The van der Waals surface area contributed by atoms with E-state index in [-0.39, 0.29) is 16.2 Å². The van der Waals surface area contributed by atoms with Crippen LogP contribution in [0.3, 0.4) is 0 Å². The van der Waals surface area contributed by atoms with Gasteiger partial charge in [-0.25, -0.2) is 0 Å². The van der Waals surface area contributed by atoms with Crippen LogP contribution >= 0.6 is 0 Å². The summed E-state index contributed by atoms with van der Waals surface area (Å²) in [5.41, 5.74) is 4.62. The third kappa shape index (κ3) is 2.88. The molecule has 0 unspecified atom stereocenters. The summed E-state index contributed by atoms with van der Waals surface area (Å²) in [6.45, 7) is 7.82. The minimum atomic E-state index is -0.309. The summed E-state index contributed by atoms with van der Waals surface area (Å²) in [5.74, 6) is 0.853. The number of nitro benzene ring substituents is 1. The maximum absolute atomic E-state index is 11.7. The molecule has 0 bridgehead atoms. The van der Waals surface area contributed by atoms with Gasteiger partial charge in [-0.3, -0.25) is 10.1 Å². The average molecular weight is 325 g/mol. The Hall–Kier alpha value is -2.36. The van der Waals surface area contributed by atoms with Crippen molar-refractivity contribution >= 4 is 5.69 Å². The molecule has 1 heterocycles. The largest absolute Gasteiger partial charge is 0.487 e. The average Bonchev–Trinajstić information content (AvgIpc) is 2.85. The van der Waals surface area contributed by atoms with E-state index in [2.05, 4.69) is 12.1 Å². The minimum absolute atomic E-state index is 0.228. The molecule has 0 saturated carbocycles. The van der Waals surface area contributed by atoms with Crippen molar-refractivity contribution in [3.05, 3.63) is 68.3 Å². The number of nitrogens with zero attached hydrogens (tertiary/aromatic N) is 1. The van der Waals surface area contributed by atoms with Crippen LogP contribution in [-0.4, -0.2) is 10.5 Å². The number of aryl methyl sites for hydroxylation is 1. The lowest BCUT2D eigenvalue weighted by Crippen LogP contribution is -2.25. The highest BCUT2D eigenvalue weighted by Crippen LogP contribution is 2.45. The summed E-state index contributed by atoms with van der Waals surface area (Å²) in [6.07, 6.45) is 2.16. The van der Waals surface area contributed by atoms with Crippen LogP contribution in [0.15, 0.2) is 30.3 Å². The number of hydrogen-bond acceptors (Lipinski definition) is 3. The molecule has 1 aliphatic heterocycles. The van der Waals surface area contributed by atoms with E-state index >= 15 is 0 Å². The second kappa shape index (κ2) is 5.93. The standard InChI is InChI=1S/C20H23NO3/c1-13-14(2)19-17(12-20(3,4)24-19)16(18(13)21(22)23)11-10-15-8-6-5-7-9-15/h5-9H,10-12H2,1-4H3. The molecule has 3 rings (SSSR count). The first kappa shape index (κ1) is 16.5. The lowest BCUT2D eigenvalue weighted by Gasteiger charge is -2.18. The fourth-order valence-corrected chi connectivity index (χ4v) is 3.57. The van der Waals surface area contributed by atoms with Crippen molar-refractivity contribution < 1.29 is 9.66 Å². The molecule has 2 aromatic rings. The summed E-state index contributed by atoms with van der Waals surface area (Å²) < 4.78 is 6.11. The van der Waals surface area contributed by atoms with E-state index in [0.717, 1.165) is 34.4 Å². The van der Waals surface area contributed by atoms with Crippen LogP contribution in [0.5, 0.6) is 5.75 Å². The molecular formula is C20H23NO3. The summed E-state index contributed by atoms with van der Waals surface area (Å²) in [7, 11) is 0. The van der Waals surface area contributed by atoms with Gasteiger partial charge in [0.05, 0.1) is 4.92 Å². The number of rotatable bonds is 4. The smallest absolute Gasteiger partial charge is 0.276 e. The van der Waals surface area contributed by atoms with Gasteiger partial charge in [-0.15, -0.1) is 0 Å². The fraction of sp³-hybridized carbons (Fsp3) is 0.400. The third-order valence-electron chi connectivity index (χ3n) is 4.85. The van der Waals surface area contributed by atoms with Gasteiger partial charge in [0, 0.05) is 28.7 Å². The van der Waals surface area contributed by atoms with Gasteiger partial charge in [0.2, 0.25) is 0 Å². The number of nitro groups is 1. The molecule has 0 saturated heterocycles. The number of fused-ring (bicyclic) bond motifs is 1. The zero-order valence-electron chi connectivity index (χ0n) is 14.7. The van der Waals surface area contributed by atoms with Crippen LogP contribution in [-0.2, 0) is 19.3 Å². The molecule has 4 nitrogen and oxygen atoms in total. The van der Waals surface area contributed by atoms with E-state index in [9.17, 15) is 10.1 Å². The SMILES string of the molecule is Cc1c(C)c([N+](=O)[O-])c(CCc2ccccc2)c2c1OC(C)(C)C2. The van der Waals surface area contributed by atoms with E-state index in [4.69, 9.17) is 4.74 Å². The lowest BCUT2D eigenvalue weighted by atomic mass is 9.89. The molecule has 126 valence electrons. The van der Waals surface area contributed by atoms with Crippen molar-refractivity contribution in [2.75, 3.05) is 0 Å². The summed E-state index contributed by atoms with van der Waals surface area (Å²) >= 11 is 0. The van der Waals surface area contributed by atoms with Crippen LogP contribution in [0.1, 0.15) is 41.7 Å². The number of ether oxygens (including phenoxy) is 1. The molecule has 0 spiro atoms. The van der Waals surface area contributed by atoms with E-state index < -0.39 is 0 Å². The molecule has 0 aliphatic carbocycles. The third-order valence-corrected chi connectivity index (χ3v) is 4.85. The Kier molecular flexibility index (Phi) is 4.08. The van der Waals surface area contributed by atoms with Crippen molar-refractivity contribution in [2.24, 2.45) is 0 Å². The van der Waals surface area contributed by atoms with E-state index in [1.807, 2.05) is 45.9 Å². The van der Waals surface area contributed by atoms with Crippen molar-refractivity contribution in [1.29, 1.82) is 0 Å². The summed E-state index contributed by atoms with van der Waals surface area (Å²) in [6, 6.07) is 10.1. The maximum atomic E-state index is 11.7. The Bertz CT molecular complexity index is 795. The maximum Gasteiger partial charge on any atom is 0.276 e. The number of benzene rings is 2. The molecular weight excluding hydrogens is 302 g/mol. The van der Waals surface area contributed by atoms with Gasteiger partial charge in [-0.1, -0.05) is 30.3 Å². The van der Waals surface area contributed by atoms with Crippen molar-refractivity contribution in [3.63, 3.8) is 0 Å². The minimum Gasteiger partial charge on any atom is -0.487 e. The highest BCUT2D eigenvalue weighted by atomic mass is 16.6. The number of hydrogen-bond donors (Lipinski definition) is 0. The van der Waals surface area contributed by atoms with Crippen LogP contribution < -0.4 is 4.74 Å². The first-order valence-electron chi connectivity index (χ1n) is 8.32. The summed E-state index contributed by atoms with van der Waals surface area (Å²) in [5, 5.41) is 11.7. The topological polar surface area (TPSA) is 52.4 Å². The Morgan fingerprint density at radius 3 is 2.42 bits per heavy atom. The van der Waals surface area contributed by atoms with Gasteiger partial charge in [0.1, 0.15) is 11.4 Å². The first-order valence-corrected chi connectivity index (χ1v) is 8.32. The fourth-order valence-electron chi connectivity index (χ4n) is 3.57. The lowest BCUT2D eigenvalue weighted by molar-refractivity contribution is -0.386. The Balaban J connectivity index is 2.08. The van der Waals surface area contributed by atoms with E-state index in [1.165, 1.54) is 5.56 Å². The monoisotopic (exact) mass is 325 g/mol. The first-order chi connectivity index (χ1) is 11.3. The van der Waals surface area contributed by atoms with Crippen LogP contribution in [0.4, 0.5) is 5.69 Å². The Labute approximate surface area is 142 Å². The summed E-state index contributed by atoms with van der Waals surface area (Å²) in [4.78, 5) is 11.5. The molecule has 0 N–H and O–H groups in total. The van der Waals surface area contributed by atoms with E-state index in [0.29, 0.717) is 12.8 Å². The van der Waals surface area contributed by atoms with Gasteiger partial charge in [0.25, 0.3) is 5.69 Å². The van der Waals surface area contributed by atoms with Crippen molar-refractivity contribution in [1.82, 2.24) is 0 Å². The van der Waals surface area contributed by atoms with Crippen LogP contribution in [0.2, 0.25) is 0 Å². The predicted octanol–water partition coefficient (Wildman–Crippen LogP) is 4.71. The van der Waals surface area contributed by atoms with Crippen LogP contribution in [0.25, 0.3) is 0 Å². The molecule has 1 aliphatic rings. The molecule has 2 aromatic carbocycles. The molecule has 0 aromatic heterocycles. The Morgan fingerprint density at radius 2 is 1.79 bits per heavy atom. The second-order valence-electron chi connectivity index (χ2n) is 7.17. The van der Waals surface area contributed by atoms with E-state index in [1.54, 1.807) is 0 Å². The zero-order chi connectivity index (χ0) is 17.5. The van der Waals surface area contributed by atoms with Crippen molar-refractivity contribution in [2.45, 2.75) is 52.6 Å². The predicted molar refractivity (Wildman–Crippen MR) is 94.8 cm³/mol. The normalized spacial score (nSPS) is 15.0. The molecule has 0 amide bonds. The Morgan fingerprint density at radius 1 is 1.12 bits per heavy atom. The quantitative estimate of drug-likeness (QED) is 0.604. The second-order valence-corrected chi connectivity index (χ2v) is 7.17. The highest BCUT2D eigenvalue weighted by Gasteiger charge is 2.37. The van der Waals surface area contributed by atoms with Crippen molar-refractivity contribution in [3.8, 4) is 5.75 Å². The van der Waals surface area contributed by atoms with Gasteiger partial charge >= 0.3 is 0 Å². The molecule has 0 atom stereocenters. The molecule has 24 heavy (non-hydrogen) atoms. The van der Waals surface area contributed by atoms with Gasteiger partial charge in [-0.05, 0) is 46.1 Å². The van der Waals surface area contributed by atoms with Gasteiger partial charge in [-0.2, -0.15) is 0 Å². The van der Waals surface area contributed by atoms with Gasteiger partial charge < -0.3 is 4.74 Å². The molecule has 4 heteroatoms. The zero-order valence-corrected chi connectivity index (χ0v) is 14.7. The van der Waals surface area contributed by atoms with Crippen LogP contribution in [0, 0.1) is 24.0 Å². The molecule has 0 fully saturated rings. The molecule has 0 radical (unpaired) electrons. The highest BCUT2D eigenvalue weighted by molar-refractivity contribution is 5.64.